The summed E-state index contributed by atoms with van der Waals surface area (Å²) in [5.74, 6) is 2.62. The lowest BCUT2D eigenvalue weighted by Gasteiger charge is -2.19. The van der Waals surface area contributed by atoms with Crippen LogP contribution in [0.2, 0.25) is 0 Å². The van der Waals surface area contributed by atoms with E-state index in [1.54, 1.807) is 0 Å². The molecule has 22 heavy (non-hydrogen) atoms. The van der Waals surface area contributed by atoms with Crippen molar-refractivity contribution in [3.05, 3.63) is 24.3 Å². The minimum Gasteiger partial charge on any atom is -0.494 e. The van der Waals surface area contributed by atoms with Gasteiger partial charge in [-0.15, -0.1) is 0 Å². The molecular weight excluding hydrogens is 280 g/mol. The van der Waals surface area contributed by atoms with Crippen molar-refractivity contribution >= 4 is 5.91 Å². The minimum atomic E-state index is 0.0514. The van der Waals surface area contributed by atoms with E-state index in [9.17, 15) is 4.79 Å². The van der Waals surface area contributed by atoms with Crippen LogP contribution in [0.5, 0.6) is 11.5 Å². The van der Waals surface area contributed by atoms with Crippen LogP contribution in [-0.4, -0.2) is 43.2 Å². The lowest BCUT2D eigenvalue weighted by Crippen LogP contribution is -2.36. The van der Waals surface area contributed by atoms with Crippen LogP contribution in [0, 0.1) is 11.8 Å². The number of carbonyl (C=O) groups is 1. The van der Waals surface area contributed by atoms with Crippen molar-refractivity contribution in [1.29, 1.82) is 0 Å². The highest BCUT2D eigenvalue weighted by Gasteiger charge is 2.42. The molecule has 120 valence electrons. The molecule has 5 heteroatoms. The first-order valence-corrected chi connectivity index (χ1v) is 8.06. The Kier molecular flexibility index (Phi) is 4.52. The molecule has 3 atom stereocenters. The molecule has 1 saturated heterocycles. The largest absolute Gasteiger partial charge is 0.494 e. The SMILES string of the molecule is CCOc1ccc(OCC(=O)N2CC3CCC(N)C3C2)cc1. The number of hydrogen-bond donors (Lipinski definition) is 1. The smallest absolute Gasteiger partial charge is 0.260 e. The topological polar surface area (TPSA) is 64.8 Å². The normalized spacial score (nSPS) is 26.8. The van der Waals surface area contributed by atoms with Crippen molar-refractivity contribution in [3.8, 4) is 11.5 Å². The van der Waals surface area contributed by atoms with Gasteiger partial charge in [0.2, 0.25) is 0 Å². The standard InChI is InChI=1S/C17H24N2O3/c1-2-21-13-4-6-14(7-5-13)22-11-17(20)19-9-12-3-8-16(18)15(12)10-19/h4-7,12,15-16H,2-3,8-11,18H2,1H3. The summed E-state index contributed by atoms with van der Waals surface area (Å²) in [4.78, 5) is 14.2. The fraction of sp³-hybridized carbons (Fsp3) is 0.588. The van der Waals surface area contributed by atoms with Crippen molar-refractivity contribution < 1.29 is 14.3 Å². The Hall–Kier alpha value is -1.75. The van der Waals surface area contributed by atoms with Gasteiger partial charge < -0.3 is 20.1 Å². The van der Waals surface area contributed by atoms with E-state index in [1.165, 1.54) is 0 Å². The summed E-state index contributed by atoms with van der Waals surface area (Å²) in [6.07, 6.45) is 2.25. The van der Waals surface area contributed by atoms with Crippen LogP contribution in [0.15, 0.2) is 24.3 Å². The molecule has 3 unspecified atom stereocenters. The zero-order valence-corrected chi connectivity index (χ0v) is 13.0. The van der Waals surface area contributed by atoms with Gasteiger partial charge >= 0.3 is 0 Å². The summed E-state index contributed by atoms with van der Waals surface area (Å²) in [5.41, 5.74) is 6.11. The predicted molar refractivity (Wildman–Crippen MR) is 83.9 cm³/mol. The minimum absolute atomic E-state index is 0.0514. The molecule has 1 amide bonds. The van der Waals surface area contributed by atoms with E-state index in [1.807, 2.05) is 36.1 Å². The molecule has 1 aliphatic carbocycles. The second-order valence-corrected chi connectivity index (χ2v) is 6.16. The highest BCUT2D eigenvalue weighted by molar-refractivity contribution is 5.78. The van der Waals surface area contributed by atoms with E-state index in [-0.39, 0.29) is 18.6 Å². The second kappa shape index (κ2) is 6.57. The van der Waals surface area contributed by atoms with Crippen LogP contribution < -0.4 is 15.2 Å². The van der Waals surface area contributed by atoms with Crippen molar-refractivity contribution in [2.75, 3.05) is 26.3 Å². The van der Waals surface area contributed by atoms with E-state index in [0.29, 0.717) is 24.2 Å². The highest BCUT2D eigenvalue weighted by atomic mass is 16.5. The molecule has 3 rings (SSSR count). The molecule has 2 N–H and O–H groups in total. The summed E-state index contributed by atoms with van der Waals surface area (Å²) in [6, 6.07) is 7.61. The predicted octanol–water partition coefficient (Wildman–Crippen LogP) is 1.66. The number of rotatable bonds is 5. The number of carbonyl (C=O) groups excluding carboxylic acids is 1. The van der Waals surface area contributed by atoms with Gasteiger partial charge in [0, 0.05) is 19.1 Å². The summed E-state index contributed by atoms with van der Waals surface area (Å²) in [5, 5.41) is 0. The fourth-order valence-corrected chi connectivity index (χ4v) is 3.55. The quantitative estimate of drug-likeness (QED) is 0.898. The van der Waals surface area contributed by atoms with Gasteiger partial charge in [-0.1, -0.05) is 0 Å². The molecule has 1 aromatic carbocycles. The van der Waals surface area contributed by atoms with E-state index in [4.69, 9.17) is 15.2 Å². The average molecular weight is 304 g/mol. The fourth-order valence-electron chi connectivity index (χ4n) is 3.55. The number of hydrogen-bond acceptors (Lipinski definition) is 4. The third-order valence-electron chi connectivity index (χ3n) is 4.76. The van der Waals surface area contributed by atoms with E-state index >= 15 is 0 Å². The lowest BCUT2D eigenvalue weighted by atomic mass is 9.98. The Bertz CT molecular complexity index is 517. The van der Waals surface area contributed by atoms with Crippen LogP contribution in [0.4, 0.5) is 0 Å². The monoisotopic (exact) mass is 304 g/mol. The van der Waals surface area contributed by atoms with E-state index in [0.717, 1.165) is 31.7 Å². The van der Waals surface area contributed by atoms with Gasteiger partial charge in [-0.2, -0.15) is 0 Å². The van der Waals surface area contributed by atoms with Crippen LogP contribution >= 0.6 is 0 Å². The maximum atomic E-state index is 12.3. The van der Waals surface area contributed by atoms with Gasteiger partial charge in [-0.25, -0.2) is 0 Å². The van der Waals surface area contributed by atoms with Gasteiger partial charge in [0.15, 0.2) is 6.61 Å². The van der Waals surface area contributed by atoms with Gasteiger partial charge in [0.25, 0.3) is 5.91 Å². The van der Waals surface area contributed by atoms with Crippen molar-refractivity contribution in [2.45, 2.75) is 25.8 Å². The lowest BCUT2D eigenvalue weighted by molar-refractivity contribution is -0.132. The average Bonchev–Trinajstić information content (AvgIpc) is 3.09. The molecule has 1 aliphatic heterocycles. The number of fused-ring (bicyclic) bond motifs is 1. The molecule has 2 aliphatic rings. The van der Waals surface area contributed by atoms with Crippen molar-refractivity contribution in [3.63, 3.8) is 0 Å². The summed E-state index contributed by atoms with van der Waals surface area (Å²) in [7, 11) is 0. The van der Waals surface area contributed by atoms with Crippen molar-refractivity contribution in [1.82, 2.24) is 4.90 Å². The number of nitrogens with zero attached hydrogens (tertiary/aromatic N) is 1. The summed E-state index contributed by atoms with van der Waals surface area (Å²) in [6.45, 7) is 4.29. The van der Waals surface area contributed by atoms with Gasteiger partial charge in [0.1, 0.15) is 11.5 Å². The van der Waals surface area contributed by atoms with E-state index < -0.39 is 0 Å². The molecule has 0 spiro atoms. The molecule has 0 bridgehead atoms. The zero-order valence-electron chi connectivity index (χ0n) is 13.0. The summed E-state index contributed by atoms with van der Waals surface area (Å²) < 4.78 is 11.0. The van der Waals surface area contributed by atoms with Crippen LogP contribution in [0.3, 0.4) is 0 Å². The van der Waals surface area contributed by atoms with Crippen LogP contribution in [-0.2, 0) is 4.79 Å². The molecule has 1 saturated carbocycles. The maximum Gasteiger partial charge on any atom is 0.260 e. The molecule has 1 aromatic rings. The Morgan fingerprint density at radius 3 is 2.50 bits per heavy atom. The number of amides is 1. The number of ether oxygens (including phenoxy) is 2. The Morgan fingerprint density at radius 2 is 1.86 bits per heavy atom. The van der Waals surface area contributed by atoms with Gasteiger partial charge in [-0.3, -0.25) is 4.79 Å². The molecular formula is C17H24N2O3. The molecule has 5 nitrogen and oxygen atoms in total. The third kappa shape index (κ3) is 3.19. The van der Waals surface area contributed by atoms with Crippen LogP contribution in [0.25, 0.3) is 0 Å². The highest BCUT2D eigenvalue weighted by Crippen LogP contribution is 2.37. The first kappa shape index (κ1) is 15.2. The third-order valence-corrected chi connectivity index (χ3v) is 4.76. The molecule has 0 radical (unpaired) electrons. The van der Waals surface area contributed by atoms with Gasteiger partial charge in [-0.05, 0) is 55.9 Å². The Labute approximate surface area is 131 Å². The molecule has 0 aromatic heterocycles. The molecule has 1 heterocycles. The summed E-state index contributed by atoms with van der Waals surface area (Å²) >= 11 is 0. The van der Waals surface area contributed by atoms with Crippen molar-refractivity contribution in [2.24, 2.45) is 17.6 Å². The van der Waals surface area contributed by atoms with Gasteiger partial charge in [0.05, 0.1) is 6.61 Å². The number of likely N-dealkylation sites (tertiary alicyclic amines) is 1. The zero-order chi connectivity index (χ0) is 15.5. The number of nitrogens with two attached hydrogens (primary N) is 1. The second-order valence-electron chi connectivity index (χ2n) is 6.16. The van der Waals surface area contributed by atoms with Crippen LogP contribution in [0.1, 0.15) is 19.8 Å². The van der Waals surface area contributed by atoms with E-state index in [2.05, 4.69) is 0 Å². The Morgan fingerprint density at radius 1 is 1.18 bits per heavy atom. The first-order valence-electron chi connectivity index (χ1n) is 8.06. The molecule has 2 fully saturated rings. The first-order chi connectivity index (χ1) is 10.7. The maximum absolute atomic E-state index is 12.3. The number of benzene rings is 1. The Balaban J connectivity index is 1.48.